The van der Waals surface area contributed by atoms with E-state index < -0.39 is 0 Å². The molecule has 0 bridgehead atoms. The van der Waals surface area contributed by atoms with Crippen molar-refractivity contribution in [2.75, 3.05) is 10.6 Å². The average Bonchev–Trinajstić information content (AvgIpc) is 2.31. The maximum absolute atomic E-state index is 11.0. The van der Waals surface area contributed by atoms with E-state index in [-0.39, 0.29) is 11.8 Å². The summed E-state index contributed by atoms with van der Waals surface area (Å²) in [6.45, 7) is 6.64. The van der Waals surface area contributed by atoms with E-state index in [0.29, 0.717) is 11.5 Å². The van der Waals surface area contributed by atoms with Gasteiger partial charge in [-0.3, -0.25) is 9.59 Å². The molecule has 0 atom stereocenters. The highest BCUT2D eigenvalue weighted by molar-refractivity contribution is 5.99. The second kappa shape index (κ2) is 5.45. The van der Waals surface area contributed by atoms with E-state index in [9.17, 15) is 9.59 Å². The first-order chi connectivity index (χ1) is 7.65. The van der Waals surface area contributed by atoms with Gasteiger partial charge in [-0.15, -0.1) is 0 Å². The Morgan fingerprint density at radius 2 is 1.75 bits per heavy atom. The molecule has 0 aliphatic carbocycles. The number of nitrogens with zero attached hydrogens (tertiary/aromatic N) is 1. The van der Waals surface area contributed by atoms with Gasteiger partial charge in [0.1, 0.15) is 5.82 Å². The fraction of sp³-hybridized carbons (Fsp3) is 0. The van der Waals surface area contributed by atoms with E-state index in [0.717, 1.165) is 12.2 Å². The number of aromatic nitrogens is 1. The normalized spacial score (nSPS) is 9.00. The molecule has 82 valence electrons. The van der Waals surface area contributed by atoms with E-state index in [4.69, 9.17) is 0 Å². The Balaban J connectivity index is 2.67. The van der Waals surface area contributed by atoms with Crippen molar-refractivity contribution in [3.05, 3.63) is 43.6 Å². The number of hydrogen-bond donors (Lipinski definition) is 2. The summed E-state index contributed by atoms with van der Waals surface area (Å²) in [7, 11) is 0. The molecule has 0 aromatic carbocycles. The van der Waals surface area contributed by atoms with Gasteiger partial charge in [0.15, 0.2) is 0 Å². The van der Waals surface area contributed by atoms with E-state index in [1.54, 1.807) is 12.1 Å². The van der Waals surface area contributed by atoms with Crippen LogP contribution in [0.1, 0.15) is 0 Å². The highest BCUT2D eigenvalue weighted by atomic mass is 16.2. The minimum Gasteiger partial charge on any atom is -0.321 e. The second-order valence-electron chi connectivity index (χ2n) is 2.82. The lowest BCUT2D eigenvalue weighted by atomic mass is 10.4. The summed E-state index contributed by atoms with van der Waals surface area (Å²) in [5.74, 6) is -0.262. The Morgan fingerprint density at radius 1 is 1.12 bits per heavy atom. The highest BCUT2D eigenvalue weighted by Crippen LogP contribution is 2.09. The Hall–Kier alpha value is -2.43. The molecule has 2 N–H and O–H groups in total. The topological polar surface area (TPSA) is 71.1 Å². The molecule has 1 heterocycles. The summed E-state index contributed by atoms with van der Waals surface area (Å²) in [5, 5.41) is 5.02. The summed E-state index contributed by atoms with van der Waals surface area (Å²) < 4.78 is 0. The van der Waals surface area contributed by atoms with Crippen molar-refractivity contribution < 1.29 is 9.59 Å². The van der Waals surface area contributed by atoms with Crippen LogP contribution in [0.4, 0.5) is 11.5 Å². The Morgan fingerprint density at radius 3 is 2.25 bits per heavy atom. The van der Waals surface area contributed by atoms with Crippen molar-refractivity contribution in [3.63, 3.8) is 0 Å². The van der Waals surface area contributed by atoms with Crippen LogP contribution in [0.15, 0.2) is 43.6 Å². The van der Waals surface area contributed by atoms with Crippen LogP contribution in [0.5, 0.6) is 0 Å². The lowest BCUT2D eigenvalue weighted by molar-refractivity contribution is -0.112. The van der Waals surface area contributed by atoms with Gasteiger partial charge >= 0.3 is 0 Å². The van der Waals surface area contributed by atoms with Gasteiger partial charge in [0.2, 0.25) is 11.8 Å². The summed E-state index contributed by atoms with van der Waals surface area (Å²) >= 11 is 0. The molecular weight excluding hydrogens is 206 g/mol. The monoisotopic (exact) mass is 217 g/mol. The van der Waals surface area contributed by atoms with Crippen LogP contribution in [-0.2, 0) is 9.59 Å². The molecule has 5 nitrogen and oxygen atoms in total. The highest BCUT2D eigenvalue weighted by Gasteiger charge is 2.00. The summed E-state index contributed by atoms with van der Waals surface area (Å²) in [6.07, 6.45) is 3.74. The van der Waals surface area contributed by atoms with Crippen molar-refractivity contribution >= 4 is 23.3 Å². The SMILES string of the molecule is C=CC(=O)Nc1ccc(NC(=O)C=C)nc1. The van der Waals surface area contributed by atoms with Crippen molar-refractivity contribution in [2.24, 2.45) is 0 Å². The van der Waals surface area contributed by atoms with Gasteiger partial charge in [-0.25, -0.2) is 4.98 Å². The third kappa shape index (κ3) is 3.38. The number of carbonyl (C=O) groups excluding carboxylic acids is 2. The van der Waals surface area contributed by atoms with Crippen LogP contribution in [0.25, 0.3) is 0 Å². The molecule has 0 saturated carbocycles. The number of hydrogen-bond acceptors (Lipinski definition) is 3. The molecule has 16 heavy (non-hydrogen) atoms. The maximum Gasteiger partial charge on any atom is 0.248 e. The van der Waals surface area contributed by atoms with Gasteiger partial charge in [0.25, 0.3) is 0 Å². The Kier molecular flexibility index (Phi) is 3.97. The van der Waals surface area contributed by atoms with Gasteiger partial charge in [-0.05, 0) is 24.3 Å². The number of nitrogens with one attached hydrogen (secondary N) is 2. The quantitative estimate of drug-likeness (QED) is 0.747. The van der Waals surface area contributed by atoms with Gasteiger partial charge in [-0.1, -0.05) is 13.2 Å². The predicted octanol–water partition coefficient (Wildman–Crippen LogP) is 1.33. The standard InChI is InChI=1S/C11H11N3O2/c1-3-10(15)13-8-5-6-9(12-7-8)14-11(16)4-2/h3-7H,1-2H2,(H,13,15)(H,12,14,16). The first kappa shape index (κ1) is 11.6. The van der Waals surface area contributed by atoms with Crippen LogP contribution in [0, 0.1) is 0 Å². The smallest absolute Gasteiger partial charge is 0.248 e. The number of carbonyl (C=O) groups is 2. The first-order valence-electron chi connectivity index (χ1n) is 4.48. The van der Waals surface area contributed by atoms with Gasteiger partial charge < -0.3 is 10.6 Å². The third-order valence-corrected chi connectivity index (χ3v) is 1.65. The minimum absolute atomic E-state index is 0.315. The molecule has 0 spiro atoms. The van der Waals surface area contributed by atoms with Crippen molar-refractivity contribution in [2.45, 2.75) is 0 Å². The molecule has 0 radical (unpaired) electrons. The lowest BCUT2D eigenvalue weighted by Gasteiger charge is -2.03. The summed E-state index contributed by atoms with van der Waals surface area (Å²) in [4.78, 5) is 25.8. The molecule has 2 amide bonds. The van der Waals surface area contributed by atoms with E-state index in [1.165, 1.54) is 6.20 Å². The van der Waals surface area contributed by atoms with Gasteiger partial charge in [-0.2, -0.15) is 0 Å². The molecular formula is C11H11N3O2. The molecule has 0 saturated heterocycles. The summed E-state index contributed by atoms with van der Waals surface area (Å²) in [6, 6.07) is 3.19. The number of amides is 2. The molecule has 0 aliphatic rings. The van der Waals surface area contributed by atoms with Gasteiger partial charge in [0, 0.05) is 0 Å². The molecule has 0 fully saturated rings. The van der Waals surface area contributed by atoms with Crippen LogP contribution in [0.3, 0.4) is 0 Å². The first-order valence-corrected chi connectivity index (χ1v) is 4.48. The third-order valence-electron chi connectivity index (χ3n) is 1.65. The van der Waals surface area contributed by atoms with Crippen LogP contribution >= 0.6 is 0 Å². The number of pyridine rings is 1. The van der Waals surface area contributed by atoms with Crippen molar-refractivity contribution in [1.29, 1.82) is 0 Å². The summed E-state index contributed by atoms with van der Waals surface area (Å²) in [5.41, 5.74) is 0.529. The fourth-order valence-electron chi connectivity index (χ4n) is 0.912. The molecule has 1 rings (SSSR count). The molecule has 0 unspecified atom stereocenters. The van der Waals surface area contributed by atoms with Crippen LogP contribution < -0.4 is 10.6 Å². The number of anilines is 2. The zero-order valence-electron chi connectivity index (χ0n) is 8.56. The molecule has 1 aromatic heterocycles. The maximum atomic E-state index is 11.0. The van der Waals surface area contributed by atoms with Crippen molar-refractivity contribution in [1.82, 2.24) is 4.98 Å². The average molecular weight is 217 g/mol. The van der Waals surface area contributed by atoms with E-state index in [2.05, 4.69) is 28.8 Å². The van der Waals surface area contributed by atoms with Crippen LogP contribution in [-0.4, -0.2) is 16.8 Å². The Labute approximate surface area is 92.9 Å². The molecule has 5 heteroatoms. The lowest BCUT2D eigenvalue weighted by Crippen LogP contribution is -2.10. The molecule has 0 aliphatic heterocycles. The molecule has 1 aromatic rings. The fourth-order valence-corrected chi connectivity index (χ4v) is 0.912. The number of rotatable bonds is 4. The zero-order chi connectivity index (χ0) is 12.0. The largest absolute Gasteiger partial charge is 0.321 e. The predicted molar refractivity (Wildman–Crippen MR) is 61.9 cm³/mol. The van der Waals surface area contributed by atoms with Gasteiger partial charge in [0.05, 0.1) is 11.9 Å². The Bertz CT molecular complexity index is 382. The van der Waals surface area contributed by atoms with E-state index >= 15 is 0 Å². The van der Waals surface area contributed by atoms with Crippen LogP contribution in [0.2, 0.25) is 0 Å². The van der Waals surface area contributed by atoms with Crippen molar-refractivity contribution in [3.8, 4) is 0 Å². The zero-order valence-corrected chi connectivity index (χ0v) is 8.56. The second-order valence-corrected chi connectivity index (χ2v) is 2.82. The van der Waals surface area contributed by atoms with E-state index in [1.807, 2.05) is 0 Å². The minimum atomic E-state index is -0.338.